The highest BCUT2D eigenvalue weighted by Gasteiger charge is 2.14. The summed E-state index contributed by atoms with van der Waals surface area (Å²) in [4.78, 5) is 4.26. The molecule has 1 heterocycles. The van der Waals surface area contributed by atoms with Crippen LogP contribution in [-0.2, 0) is 6.54 Å². The summed E-state index contributed by atoms with van der Waals surface area (Å²) in [6.07, 6.45) is 0. The first-order chi connectivity index (χ1) is 11.2. The molecule has 0 saturated carbocycles. The number of guanidine groups is 1. The maximum absolute atomic E-state index is 14.0. The minimum absolute atomic E-state index is 0.0852. The van der Waals surface area contributed by atoms with Crippen molar-refractivity contribution < 1.29 is 4.39 Å². The first-order valence-corrected chi connectivity index (χ1v) is 7.34. The van der Waals surface area contributed by atoms with Gasteiger partial charge in [0.15, 0.2) is 11.6 Å². The van der Waals surface area contributed by atoms with Crippen LogP contribution in [-0.4, -0.2) is 12.5 Å². The van der Waals surface area contributed by atoms with E-state index < -0.39 is 0 Å². The second kappa shape index (κ2) is 6.93. The van der Waals surface area contributed by atoms with Gasteiger partial charge in [0.2, 0.25) is 5.96 Å². The number of halogens is 1. The summed E-state index contributed by atoms with van der Waals surface area (Å²) in [6, 6.07) is 17.1. The van der Waals surface area contributed by atoms with Crippen LogP contribution < -0.4 is 21.7 Å². The summed E-state index contributed by atoms with van der Waals surface area (Å²) >= 11 is 0. The van der Waals surface area contributed by atoms with Crippen molar-refractivity contribution in [1.29, 1.82) is 0 Å². The van der Waals surface area contributed by atoms with Gasteiger partial charge >= 0.3 is 0 Å². The van der Waals surface area contributed by atoms with Gasteiger partial charge in [0.05, 0.1) is 6.54 Å². The Labute approximate surface area is 134 Å². The number of hydrogen-bond donors (Lipinski definition) is 4. The van der Waals surface area contributed by atoms with E-state index in [1.807, 2.05) is 54.6 Å². The van der Waals surface area contributed by atoms with Crippen molar-refractivity contribution in [2.75, 3.05) is 17.2 Å². The molecule has 0 amide bonds. The number of nitrogens with two attached hydrogens (primary N) is 1. The van der Waals surface area contributed by atoms with E-state index in [0.717, 1.165) is 16.9 Å². The highest BCUT2D eigenvalue weighted by molar-refractivity contribution is 5.95. The van der Waals surface area contributed by atoms with Crippen LogP contribution in [0.15, 0.2) is 71.2 Å². The first-order valence-electron chi connectivity index (χ1n) is 7.34. The summed E-state index contributed by atoms with van der Waals surface area (Å²) in [5, 5.41) is 9.01. The number of nitrogens with one attached hydrogen (secondary N) is 3. The normalized spacial score (nSPS) is 14.1. The molecule has 23 heavy (non-hydrogen) atoms. The maximum Gasteiger partial charge on any atom is 0.202 e. The number of para-hydroxylation sites is 1. The zero-order chi connectivity index (χ0) is 16.1. The molecular formula is C17H18FN5. The second-order valence-corrected chi connectivity index (χ2v) is 5.08. The maximum atomic E-state index is 14.0. The van der Waals surface area contributed by atoms with Crippen LogP contribution in [0.25, 0.3) is 0 Å². The highest BCUT2D eigenvalue weighted by atomic mass is 19.1. The molecule has 5 nitrogen and oxygen atoms in total. The molecule has 2 aromatic carbocycles. The molecule has 1 aliphatic rings. The minimum atomic E-state index is -0.335. The van der Waals surface area contributed by atoms with Gasteiger partial charge in [-0.1, -0.05) is 30.3 Å². The predicted octanol–water partition coefficient (Wildman–Crippen LogP) is 2.77. The lowest BCUT2D eigenvalue weighted by Crippen LogP contribution is -2.35. The molecule has 0 radical (unpaired) electrons. The third kappa shape index (κ3) is 3.87. The van der Waals surface area contributed by atoms with Crippen molar-refractivity contribution in [3.05, 3.63) is 71.8 Å². The molecule has 0 spiro atoms. The van der Waals surface area contributed by atoms with Crippen LogP contribution in [0.1, 0.15) is 5.56 Å². The Hall–Kier alpha value is -2.86. The third-order valence-corrected chi connectivity index (χ3v) is 3.38. The molecule has 0 aliphatic carbocycles. The van der Waals surface area contributed by atoms with E-state index in [0.29, 0.717) is 12.5 Å². The van der Waals surface area contributed by atoms with Gasteiger partial charge in [-0.2, -0.15) is 4.99 Å². The number of rotatable bonds is 4. The average Bonchev–Trinajstić information content (AvgIpc) is 2.59. The number of hydrogen-bond acceptors (Lipinski definition) is 5. The lowest BCUT2D eigenvalue weighted by Gasteiger charge is -2.19. The Morgan fingerprint density at radius 1 is 1.00 bits per heavy atom. The lowest BCUT2D eigenvalue weighted by molar-refractivity contribution is 0.584. The molecule has 5 N–H and O–H groups in total. The molecular weight excluding hydrogens is 293 g/mol. The lowest BCUT2D eigenvalue weighted by atomic mass is 10.2. The monoisotopic (exact) mass is 311 g/mol. The predicted molar refractivity (Wildman–Crippen MR) is 91.6 cm³/mol. The molecule has 0 fully saturated rings. The van der Waals surface area contributed by atoms with Gasteiger partial charge in [0, 0.05) is 17.9 Å². The molecule has 0 aromatic heterocycles. The average molecular weight is 311 g/mol. The molecule has 0 bridgehead atoms. The van der Waals surface area contributed by atoms with Gasteiger partial charge in [-0.3, -0.25) is 0 Å². The number of benzene rings is 2. The van der Waals surface area contributed by atoms with Gasteiger partial charge in [0.25, 0.3) is 0 Å². The van der Waals surface area contributed by atoms with E-state index >= 15 is 0 Å². The Morgan fingerprint density at radius 2 is 1.70 bits per heavy atom. The molecule has 0 unspecified atom stereocenters. The molecule has 118 valence electrons. The number of anilines is 2. The molecule has 3 rings (SSSR count). The Balaban J connectivity index is 1.73. The summed E-state index contributed by atoms with van der Waals surface area (Å²) < 4.78 is 14.0. The molecule has 0 saturated heterocycles. The van der Waals surface area contributed by atoms with Crippen LogP contribution in [0, 0.1) is 0 Å². The smallest absolute Gasteiger partial charge is 0.202 e. The van der Waals surface area contributed by atoms with Gasteiger partial charge in [-0.15, -0.1) is 0 Å². The Bertz CT molecular complexity index is 722. The van der Waals surface area contributed by atoms with Crippen molar-refractivity contribution in [2.45, 2.75) is 6.54 Å². The van der Waals surface area contributed by atoms with Gasteiger partial charge in [-0.25, -0.2) is 4.39 Å². The van der Waals surface area contributed by atoms with Crippen molar-refractivity contribution in [2.24, 2.45) is 10.7 Å². The van der Waals surface area contributed by atoms with Crippen LogP contribution >= 0.6 is 0 Å². The standard InChI is InChI=1S/C17H18FN5/c18-15-11-20-17(22-14-8-6-12(10-19)7-9-14)23-16(15)21-13-4-2-1-3-5-13/h1-9,21H,10-11,19H2,(H2,20,22,23). The van der Waals surface area contributed by atoms with Crippen molar-refractivity contribution >= 4 is 17.3 Å². The molecule has 6 heteroatoms. The van der Waals surface area contributed by atoms with E-state index in [4.69, 9.17) is 5.73 Å². The van der Waals surface area contributed by atoms with Crippen molar-refractivity contribution in [3.8, 4) is 0 Å². The number of aliphatic imine (C=N–C) groups is 1. The van der Waals surface area contributed by atoms with E-state index in [-0.39, 0.29) is 18.2 Å². The minimum Gasteiger partial charge on any atom is -0.349 e. The van der Waals surface area contributed by atoms with Gasteiger partial charge in [-0.05, 0) is 29.8 Å². The van der Waals surface area contributed by atoms with Crippen molar-refractivity contribution in [1.82, 2.24) is 5.32 Å². The zero-order valence-corrected chi connectivity index (χ0v) is 12.5. The summed E-state index contributed by atoms with van der Waals surface area (Å²) in [6.45, 7) is 0.584. The molecule has 2 aromatic rings. The van der Waals surface area contributed by atoms with Gasteiger partial charge in [0.1, 0.15) is 0 Å². The topological polar surface area (TPSA) is 74.5 Å². The summed E-state index contributed by atoms with van der Waals surface area (Å²) in [5.41, 5.74) is 8.27. The largest absolute Gasteiger partial charge is 0.349 e. The number of nitrogens with zero attached hydrogens (tertiary/aromatic N) is 1. The zero-order valence-electron chi connectivity index (χ0n) is 12.5. The van der Waals surface area contributed by atoms with Gasteiger partial charge < -0.3 is 21.7 Å². The third-order valence-electron chi connectivity index (χ3n) is 3.38. The van der Waals surface area contributed by atoms with E-state index in [1.54, 1.807) is 0 Å². The molecule has 1 aliphatic heterocycles. The SMILES string of the molecule is NCc1ccc(NC2=NC(Nc3ccccc3)=C(F)CN2)cc1. The fourth-order valence-corrected chi connectivity index (χ4v) is 2.14. The fraction of sp³-hybridized carbons (Fsp3) is 0.118. The second-order valence-electron chi connectivity index (χ2n) is 5.08. The Morgan fingerprint density at radius 3 is 2.39 bits per heavy atom. The van der Waals surface area contributed by atoms with E-state index in [2.05, 4.69) is 20.9 Å². The van der Waals surface area contributed by atoms with Crippen LogP contribution in [0.2, 0.25) is 0 Å². The highest BCUT2D eigenvalue weighted by Crippen LogP contribution is 2.17. The fourth-order valence-electron chi connectivity index (χ4n) is 2.14. The van der Waals surface area contributed by atoms with Crippen LogP contribution in [0.5, 0.6) is 0 Å². The van der Waals surface area contributed by atoms with E-state index in [1.165, 1.54) is 0 Å². The van der Waals surface area contributed by atoms with Crippen molar-refractivity contribution in [3.63, 3.8) is 0 Å². The first kappa shape index (κ1) is 15.1. The molecule has 0 atom stereocenters. The van der Waals surface area contributed by atoms with Crippen LogP contribution in [0.4, 0.5) is 15.8 Å². The summed E-state index contributed by atoms with van der Waals surface area (Å²) in [5.74, 6) is 0.360. The summed E-state index contributed by atoms with van der Waals surface area (Å²) in [7, 11) is 0. The Kier molecular flexibility index (Phi) is 4.54. The van der Waals surface area contributed by atoms with Crippen LogP contribution in [0.3, 0.4) is 0 Å². The van der Waals surface area contributed by atoms with E-state index in [9.17, 15) is 4.39 Å². The quantitative estimate of drug-likeness (QED) is 0.700.